The number of amides is 3. The number of ether oxygens (including phenoxy) is 1. The minimum absolute atomic E-state index is 0.198. The molecular formula is C24H21N5O4S. The number of thiophene rings is 1. The van der Waals surface area contributed by atoms with Crippen LogP contribution in [0.25, 0.3) is 17.1 Å². The molecule has 0 bridgehead atoms. The zero-order valence-corrected chi connectivity index (χ0v) is 18.8. The summed E-state index contributed by atoms with van der Waals surface area (Å²) in [6.07, 6.45) is 0.660. The zero-order chi connectivity index (χ0) is 23.8. The highest BCUT2D eigenvalue weighted by Crippen LogP contribution is 2.21. The second kappa shape index (κ2) is 11.0. The van der Waals surface area contributed by atoms with E-state index in [-0.39, 0.29) is 5.82 Å². The van der Waals surface area contributed by atoms with Crippen LogP contribution in [0.4, 0.5) is 4.79 Å². The fraction of sp³-hybridized carbons (Fsp3) is 0.125. The van der Waals surface area contributed by atoms with Crippen molar-refractivity contribution in [3.8, 4) is 17.1 Å². The van der Waals surface area contributed by atoms with Crippen molar-refractivity contribution >= 4 is 29.2 Å². The number of imide groups is 1. The molecule has 34 heavy (non-hydrogen) atoms. The summed E-state index contributed by atoms with van der Waals surface area (Å²) in [5.41, 5.74) is 1.47. The maximum absolute atomic E-state index is 12.5. The largest absolute Gasteiger partial charge is 0.450 e. The van der Waals surface area contributed by atoms with E-state index >= 15 is 0 Å². The number of carbonyl (C=O) groups is 3. The Morgan fingerprint density at radius 2 is 1.68 bits per heavy atom. The van der Waals surface area contributed by atoms with Gasteiger partial charge in [0.05, 0.1) is 5.69 Å². The summed E-state index contributed by atoms with van der Waals surface area (Å²) in [7, 11) is 0. The fourth-order valence-electron chi connectivity index (χ4n) is 3.08. The van der Waals surface area contributed by atoms with Crippen molar-refractivity contribution in [2.45, 2.75) is 6.42 Å². The number of nitrogens with one attached hydrogen (secondary N) is 2. The highest BCUT2D eigenvalue weighted by molar-refractivity contribution is 7.09. The van der Waals surface area contributed by atoms with Crippen LogP contribution in [-0.4, -0.2) is 45.8 Å². The molecule has 3 amide bonds. The lowest BCUT2D eigenvalue weighted by atomic mass is 10.2. The summed E-state index contributed by atoms with van der Waals surface area (Å²) >= 11 is 1.59. The van der Waals surface area contributed by atoms with E-state index in [0.29, 0.717) is 24.5 Å². The lowest BCUT2D eigenvalue weighted by Gasteiger charge is -2.06. The highest BCUT2D eigenvalue weighted by Gasteiger charge is 2.21. The normalized spacial score (nSPS) is 10.5. The lowest BCUT2D eigenvalue weighted by molar-refractivity contribution is -0.123. The van der Waals surface area contributed by atoms with Gasteiger partial charge in [-0.2, -0.15) is 0 Å². The third-order valence-corrected chi connectivity index (χ3v) is 5.58. The molecule has 10 heteroatoms. The van der Waals surface area contributed by atoms with Crippen molar-refractivity contribution in [2.24, 2.45) is 0 Å². The molecule has 2 heterocycles. The molecule has 2 aromatic carbocycles. The molecule has 4 aromatic rings. The van der Waals surface area contributed by atoms with Gasteiger partial charge in [-0.25, -0.2) is 19.3 Å². The van der Waals surface area contributed by atoms with Gasteiger partial charge in [-0.3, -0.25) is 10.1 Å². The molecule has 0 saturated carbocycles. The summed E-state index contributed by atoms with van der Waals surface area (Å²) in [6, 6.07) is 21.8. The molecule has 0 saturated heterocycles. The molecule has 0 aliphatic rings. The Balaban J connectivity index is 1.36. The maximum Gasteiger partial charge on any atom is 0.378 e. The van der Waals surface area contributed by atoms with Crippen molar-refractivity contribution in [1.29, 1.82) is 0 Å². The Labute approximate surface area is 199 Å². The van der Waals surface area contributed by atoms with Gasteiger partial charge >= 0.3 is 12.0 Å². The number of carbonyl (C=O) groups excluding carboxylic acids is 3. The molecule has 0 spiro atoms. The van der Waals surface area contributed by atoms with E-state index < -0.39 is 24.5 Å². The molecule has 0 fully saturated rings. The number of rotatable bonds is 8. The van der Waals surface area contributed by atoms with Crippen LogP contribution in [0.5, 0.6) is 0 Å². The van der Waals surface area contributed by atoms with Crippen molar-refractivity contribution in [1.82, 2.24) is 25.4 Å². The van der Waals surface area contributed by atoms with E-state index in [9.17, 15) is 14.4 Å². The monoisotopic (exact) mass is 475 g/mol. The first kappa shape index (κ1) is 22.9. The van der Waals surface area contributed by atoms with Crippen LogP contribution in [0.1, 0.15) is 15.5 Å². The van der Waals surface area contributed by atoms with Gasteiger partial charge in [0.15, 0.2) is 12.4 Å². The third-order valence-electron chi connectivity index (χ3n) is 4.65. The van der Waals surface area contributed by atoms with Gasteiger partial charge in [-0.15, -0.1) is 16.4 Å². The van der Waals surface area contributed by atoms with E-state index in [4.69, 9.17) is 4.74 Å². The van der Waals surface area contributed by atoms with Crippen molar-refractivity contribution in [3.63, 3.8) is 0 Å². The number of para-hydroxylation sites is 1. The Hall–Kier alpha value is -4.31. The first-order valence-corrected chi connectivity index (χ1v) is 11.3. The van der Waals surface area contributed by atoms with Crippen LogP contribution in [0, 0.1) is 0 Å². The van der Waals surface area contributed by atoms with Gasteiger partial charge in [-0.05, 0) is 30.0 Å². The Morgan fingerprint density at radius 3 is 2.38 bits per heavy atom. The number of nitrogens with zero attached hydrogens (tertiary/aromatic N) is 3. The molecule has 0 aliphatic carbocycles. The van der Waals surface area contributed by atoms with Crippen LogP contribution in [0.3, 0.4) is 0 Å². The number of aromatic nitrogens is 3. The Bertz CT molecular complexity index is 1200. The third kappa shape index (κ3) is 5.93. The zero-order valence-electron chi connectivity index (χ0n) is 18.0. The van der Waals surface area contributed by atoms with Gasteiger partial charge in [0.25, 0.3) is 11.7 Å². The first-order valence-electron chi connectivity index (χ1n) is 10.5. The smallest absolute Gasteiger partial charge is 0.378 e. The summed E-state index contributed by atoms with van der Waals surface area (Å²) in [5.74, 6) is -1.38. The van der Waals surface area contributed by atoms with Crippen molar-refractivity contribution < 1.29 is 19.1 Å². The van der Waals surface area contributed by atoms with Gasteiger partial charge < -0.3 is 10.1 Å². The minimum atomic E-state index is -0.875. The summed E-state index contributed by atoms with van der Waals surface area (Å²) in [5, 5.41) is 10.9. The quantitative estimate of drug-likeness (QED) is 0.378. The van der Waals surface area contributed by atoms with Gasteiger partial charge in [-0.1, -0.05) is 54.6 Å². The highest BCUT2D eigenvalue weighted by atomic mass is 32.1. The summed E-state index contributed by atoms with van der Waals surface area (Å²) in [6.45, 7) is -0.264. The van der Waals surface area contributed by atoms with E-state index in [1.54, 1.807) is 11.3 Å². The second-order valence-corrected chi connectivity index (χ2v) is 8.11. The SMILES string of the molecule is O=C(COC(=O)c1nc(-c2ccccc2)n(-c2ccccc2)n1)NC(=O)NCCc1cccs1. The van der Waals surface area contributed by atoms with E-state index in [1.807, 2.05) is 78.2 Å². The number of urea groups is 1. The predicted molar refractivity (Wildman–Crippen MR) is 127 cm³/mol. The molecule has 0 radical (unpaired) electrons. The average molecular weight is 476 g/mol. The molecule has 0 unspecified atom stereocenters. The number of benzene rings is 2. The molecular weight excluding hydrogens is 454 g/mol. The second-order valence-electron chi connectivity index (χ2n) is 7.08. The fourth-order valence-corrected chi connectivity index (χ4v) is 3.79. The van der Waals surface area contributed by atoms with Crippen molar-refractivity contribution in [2.75, 3.05) is 13.2 Å². The summed E-state index contributed by atoms with van der Waals surface area (Å²) in [4.78, 5) is 41.8. The topological polar surface area (TPSA) is 115 Å². The number of esters is 1. The molecule has 0 aliphatic heterocycles. The van der Waals surface area contributed by atoms with Crippen LogP contribution in [-0.2, 0) is 16.0 Å². The maximum atomic E-state index is 12.5. The molecule has 2 N–H and O–H groups in total. The van der Waals surface area contributed by atoms with Crippen molar-refractivity contribution in [3.05, 3.63) is 88.9 Å². The first-order chi connectivity index (χ1) is 16.6. The van der Waals surface area contributed by atoms with E-state index in [2.05, 4.69) is 20.7 Å². The molecule has 4 rings (SSSR count). The number of hydrogen-bond donors (Lipinski definition) is 2. The van der Waals surface area contributed by atoms with E-state index in [1.165, 1.54) is 4.68 Å². The van der Waals surface area contributed by atoms with E-state index in [0.717, 1.165) is 10.4 Å². The van der Waals surface area contributed by atoms with Gasteiger partial charge in [0.2, 0.25) is 0 Å². The lowest BCUT2D eigenvalue weighted by Crippen LogP contribution is -2.42. The van der Waals surface area contributed by atoms with Crippen LogP contribution in [0.15, 0.2) is 78.2 Å². The molecule has 0 atom stereocenters. The van der Waals surface area contributed by atoms with Crippen LogP contribution < -0.4 is 10.6 Å². The van der Waals surface area contributed by atoms with Gasteiger partial charge in [0.1, 0.15) is 0 Å². The number of hydrogen-bond acceptors (Lipinski definition) is 7. The Kier molecular flexibility index (Phi) is 7.41. The molecule has 9 nitrogen and oxygen atoms in total. The molecule has 172 valence electrons. The summed E-state index contributed by atoms with van der Waals surface area (Å²) < 4.78 is 6.56. The Morgan fingerprint density at radius 1 is 0.941 bits per heavy atom. The predicted octanol–water partition coefficient (Wildman–Crippen LogP) is 3.22. The average Bonchev–Trinajstić information content (AvgIpc) is 3.54. The van der Waals surface area contributed by atoms with Crippen LogP contribution in [0.2, 0.25) is 0 Å². The van der Waals surface area contributed by atoms with Crippen LogP contribution >= 0.6 is 11.3 Å². The standard InChI is InChI=1S/C24H21N5O4S/c30-20(26-24(32)25-14-13-19-12-7-15-34-19)16-33-23(31)21-27-22(17-8-3-1-4-9-17)29(28-21)18-10-5-2-6-11-18/h1-12,15H,13-14,16H2,(H2,25,26,30,32). The minimum Gasteiger partial charge on any atom is -0.450 e. The van der Waals surface area contributed by atoms with Gasteiger partial charge in [0, 0.05) is 17.0 Å². The molecule has 2 aromatic heterocycles.